The minimum absolute atomic E-state index is 0.0766. The van der Waals surface area contributed by atoms with Crippen LogP contribution in [0.2, 0.25) is 0 Å². The van der Waals surface area contributed by atoms with E-state index in [0.29, 0.717) is 23.9 Å². The molecule has 7 nitrogen and oxygen atoms in total. The van der Waals surface area contributed by atoms with E-state index in [2.05, 4.69) is 44.2 Å². The Hall–Kier alpha value is -2.80. The van der Waals surface area contributed by atoms with Crippen LogP contribution in [0.4, 0.5) is 5.82 Å². The molecule has 0 spiro atoms. The predicted octanol–water partition coefficient (Wildman–Crippen LogP) is 1.87. The van der Waals surface area contributed by atoms with Crippen molar-refractivity contribution < 1.29 is 4.79 Å². The van der Waals surface area contributed by atoms with Gasteiger partial charge in [-0.1, -0.05) is 24.3 Å². The summed E-state index contributed by atoms with van der Waals surface area (Å²) in [6.07, 6.45) is 4.84. The molecule has 25 heavy (non-hydrogen) atoms. The molecule has 1 aromatic carbocycles. The van der Waals surface area contributed by atoms with Crippen LogP contribution in [0.25, 0.3) is 11.0 Å². The third-order valence-electron chi connectivity index (χ3n) is 4.61. The lowest BCUT2D eigenvalue weighted by atomic mass is 10.1. The largest absolute Gasteiger partial charge is 0.383 e. The van der Waals surface area contributed by atoms with Gasteiger partial charge in [-0.05, 0) is 37.1 Å². The van der Waals surface area contributed by atoms with Gasteiger partial charge in [0.1, 0.15) is 5.82 Å². The average molecular weight is 336 g/mol. The second kappa shape index (κ2) is 6.60. The second-order valence-electron chi connectivity index (χ2n) is 6.42. The molecule has 2 N–H and O–H groups in total. The highest BCUT2D eigenvalue weighted by Crippen LogP contribution is 2.19. The molecular weight excluding hydrogens is 316 g/mol. The molecule has 0 atom stereocenters. The molecule has 0 saturated carbocycles. The second-order valence-corrected chi connectivity index (χ2v) is 6.42. The smallest absolute Gasteiger partial charge is 0.196 e. The summed E-state index contributed by atoms with van der Waals surface area (Å²) in [6.45, 7) is 3.97. The number of aromatic nitrogens is 4. The summed E-state index contributed by atoms with van der Waals surface area (Å²) in [5, 5.41) is 5.01. The quantitative estimate of drug-likeness (QED) is 0.715. The first-order valence-electron chi connectivity index (χ1n) is 8.47. The van der Waals surface area contributed by atoms with Gasteiger partial charge < -0.3 is 5.73 Å². The topological polar surface area (TPSA) is 89.9 Å². The summed E-state index contributed by atoms with van der Waals surface area (Å²) < 4.78 is 1.75. The number of carbonyl (C=O) groups is 1. The zero-order valence-corrected chi connectivity index (χ0v) is 13.9. The number of fused-ring (bicyclic) bond motifs is 1. The van der Waals surface area contributed by atoms with E-state index in [1.807, 2.05) is 0 Å². The van der Waals surface area contributed by atoms with Crippen molar-refractivity contribution in [3.8, 4) is 0 Å². The van der Waals surface area contributed by atoms with Crippen LogP contribution in [0, 0.1) is 0 Å². The van der Waals surface area contributed by atoms with E-state index in [4.69, 9.17) is 5.73 Å². The van der Waals surface area contributed by atoms with Crippen LogP contribution in [0.5, 0.6) is 0 Å². The van der Waals surface area contributed by atoms with Gasteiger partial charge in [0.05, 0.1) is 18.1 Å². The summed E-state index contributed by atoms with van der Waals surface area (Å²) in [6, 6.07) is 8.56. The molecule has 0 bridgehead atoms. The minimum atomic E-state index is 0.0766. The van der Waals surface area contributed by atoms with Gasteiger partial charge in [0, 0.05) is 6.54 Å². The molecule has 2 aromatic heterocycles. The molecule has 3 heterocycles. The lowest BCUT2D eigenvalue weighted by molar-refractivity contribution is 0.111. The van der Waals surface area contributed by atoms with E-state index in [9.17, 15) is 4.79 Å². The number of likely N-dealkylation sites (tertiary alicyclic amines) is 1. The van der Waals surface area contributed by atoms with E-state index in [0.717, 1.165) is 12.1 Å². The Kier molecular flexibility index (Phi) is 4.15. The summed E-state index contributed by atoms with van der Waals surface area (Å²) in [5.74, 6) is 0.354. The van der Waals surface area contributed by atoms with Crippen molar-refractivity contribution >= 4 is 23.1 Å². The van der Waals surface area contributed by atoms with Crippen LogP contribution < -0.4 is 5.73 Å². The molecule has 4 rings (SSSR count). The van der Waals surface area contributed by atoms with Gasteiger partial charge in [0.15, 0.2) is 17.8 Å². The van der Waals surface area contributed by atoms with Crippen molar-refractivity contribution in [3.05, 3.63) is 47.4 Å². The van der Waals surface area contributed by atoms with Gasteiger partial charge in [-0.2, -0.15) is 5.10 Å². The first kappa shape index (κ1) is 15.7. The molecule has 0 radical (unpaired) electrons. The maximum Gasteiger partial charge on any atom is 0.196 e. The van der Waals surface area contributed by atoms with E-state index in [-0.39, 0.29) is 11.6 Å². The van der Waals surface area contributed by atoms with Gasteiger partial charge in [0.25, 0.3) is 0 Å². The molecule has 3 aromatic rings. The molecule has 7 heteroatoms. The summed E-state index contributed by atoms with van der Waals surface area (Å²) in [7, 11) is 0. The number of hydrogen-bond acceptors (Lipinski definition) is 6. The van der Waals surface area contributed by atoms with Crippen LogP contribution in [0.1, 0.15) is 34.6 Å². The first-order chi connectivity index (χ1) is 12.2. The van der Waals surface area contributed by atoms with Crippen molar-refractivity contribution in [2.75, 3.05) is 18.8 Å². The number of benzene rings is 1. The monoisotopic (exact) mass is 336 g/mol. The molecular formula is C18H20N6O. The van der Waals surface area contributed by atoms with Crippen molar-refractivity contribution in [3.63, 3.8) is 0 Å². The average Bonchev–Trinajstić information content (AvgIpc) is 3.27. The fourth-order valence-electron chi connectivity index (χ4n) is 3.29. The Labute approximate surface area is 145 Å². The van der Waals surface area contributed by atoms with Gasteiger partial charge >= 0.3 is 0 Å². The van der Waals surface area contributed by atoms with Gasteiger partial charge in [0.2, 0.25) is 0 Å². The summed E-state index contributed by atoms with van der Waals surface area (Å²) >= 11 is 0. The normalized spacial score (nSPS) is 15.0. The van der Waals surface area contributed by atoms with Gasteiger partial charge in [-0.3, -0.25) is 9.69 Å². The van der Waals surface area contributed by atoms with E-state index in [1.54, 1.807) is 10.9 Å². The number of nitrogens with zero attached hydrogens (tertiary/aromatic N) is 5. The minimum Gasteiger partial charge on any atom is -0.383 e. The van der Waals surface area contributed by atoms with Crippen LogP contribution in [0.3, 0.4) is 0 Å². The number of hydrogen-bond donors (Lipinski definition) is 1. The van der Waals surface area contributed by atoms with Gasteiger partial charge in [-0.15, -0.1) is 0 Å². The number of carbonyl (C=O) groups excluding carboxylic acids is 1. The van der Waals surface area contributed by atoms with Crippen molar-refractivity contribution in [1.82, 2.24) is 24.6 Å². The number of aldehydes is 1. The lowest BCUT2D eigenvalue weighted by Crippen LogP contribution is -2.18. The molecule has 128 valence electrons. The molecule has 1 saturated heterocycles. The third kappa shape index (κ3) is 3.23. The number of nitrogens with two attached hydrogens (primary N) is 1. The number of anilines is 1. The van der Waals surface area contributed by atoms with Crippen LogP contribution >= 0.6 is 0 Å². The highest BCUT2D eigenvalue weighted by atomic mass is 16.1. The van der Waals surface area contributed by atoms with Crippen LogP contribution in [0.15, 0.2) is 30.5 Å². The van der Waals surface area contributed by atoms with E-state index in [1.165, 1.54) is 31.5 Å². The van der Waals surface area contributed by atoms with Crippen LogP contribution in [-0.4, -0.2) is 44.0 Å². The highest BCUT2D eigenvalue weighted by molar-refractivity contribution is 5.87. The maximum absolute atomic E-state index is 11.0. The van der Waals surface area contributed by atoms with Crippen molar-refractivity contribution in [1.29, 1.82) is 0 Å². The maximum atomic E-state index is 11.0. The highest BCUT2D eigenvalue weighted by Gasteiger charge is 2.13. The Morgan fingerprint density at radius 2 is 1.72 bits per heavy atom. The molecule has 1 fully saturated rings. The molecule has 0 unspecified atom stereocenters. The Morgan fingerprint density at radius 3 is 2.40 bits per heavy atom. The van der Waals surface area contributed by atoms with Gasteiger partial charge in [-0.25, -0.2) is 14.6 Å². The SMILES string of the molecule is Nc1nc(C=O)nc2c1cnn2Cc1ccc(CN2CCCC2)cc1. The molecule has 0 aliphatic carbocycles. The molecule has 0 amide bonds. The first-order valence-corrected chi connectivity index (χ1v) is 8.47. The fraction of sp³-hybridized carbons (Fsp3) is 0.333. The Morgan fingerprint density at radius 1 is 1.04 bits per heavy atom. The summed E-state index contributed by atoms with van der Waals surface area (Å²) in [5.41, 5.74) is 8.90. The van der Waals surface area contributed by atoms with Crippen molar-refractivity contribution in [2.45, 2.75) is 25.9 Å². The standard InChI is InChI=1S/C18H20N6O/c19-17-15-9-20-24(18(15)22-16(12-25)21-17)11-14-5-3-13(4-6-14)10-23-7-1-2-8-23/h3-6,9,12H,1-2,7-8,10-11H2,(H2,19,21,22). The Bertz CT molecular complexity index is 896. The summed E-state index contributed by atoms with van der Waals surface area (Å²) in [4.78, 5) is 21.6. The van der Waals surface area contributed by atoms with E-state index >= 15 is 0 Å². The van der Waals surface area contributed by atoms with Crippen LogP contribution in [-0.2, 0) is 13.1 Å². The zero-order valence-electron chi connectivity index (χ0n) is 13.9. The van der Waals surface area contributed by atoms with E-state index < -0.39 is 0 Å². The Balaban J connectivity index is 1.54. The molecule has 1 aliphatic rings. The third-order valence-corrected chi connectivity index (χ3v) is 4.61. The zero-order chi connectivity index (χ0) is 17.2. The van der Waals surface area contributed by atoms with Crippen molar-refractivity contribution in [2.24, 2.45) is 0 Å². The predicted molar refractivity (Wildman–Crippen MR) is 95.2 cm³/mol. The fourth-order valence-corrected chi connectivity index (χ4v) is 3.29. The molecule has 1 aliphatic heterocycles. The number of rotatable bonds is 5. The number of nitrogen functional groups attached to an aromatic ring is 1. The lowest BCUT2D eigenvalue weighted by Gasteiger charge is -2.14.